The van der Waals surface area contributed by atoms with Crippen LogP contribution in [0.3, 0.4) is 0 Å². The Labute approximate surface area is 115 Å². The number of aromatic nitrogens is 2. The molecule has 0 aliphatic rings. The zero-order valence-corrected chi connectivity index (χ0v) is 10.3. The fourth-order valence-corrected chi connectivity index (χ4v) is 1.55. The van der Waals surface area contributed by atoms with Crippen molar-refractivity contribution in [2.75, 3.05) is 11.9 Å². The first-order chi connectivity index (χ1) is 9.76. The molecule has 0 aliphatic heterocycles. The van der Waals surface area contributed by atoms with E-state index in [1.54, 1.807) is 5.32 Å². The molecule has 0 fully saturated rings. The van der Waals surface area contributed by atoms with Crippen LogP contribution in [-0.2, 0) is 0 Å². The molecule has 0 atom stereocenters. The Bertz CT molecular complexity index is 696. The van der Waals surface area contributed by atoms with Crippen LogP contribution in [0.2, 0.25) is 0 Å². The van der Waals surface area contributed by atoms with Gasteiger partial charge in [-0.2, -0.15) is 13.2 Å². The predicted octanol–water partition coefficient (Wildman–Crippen LogP) is 1.72. The lowest BCUT2D eigenvalue weighted by molar-refractivity contribution is -0.122. The van der Waals surface area contributed by atoms with E-state index in [4.69, 9.17) is 5.11 Å². The molecular weight excluding hydrogens is 293 g/mol. The van der Waals surface area contributed by atoms with Gasteiger partial charge < -0.3 is 10.4 Å². The number of pyridine rings is 1. The maximum absolute atomic E-state index is 12.0. The van der Waals surface area contributed by atoms with Gasteiger partial charge in [-0.25, -0.2) is 14.6 Å². The highest BCUT2D eigenvalue weighted by atomic mass is 19.4. The van der Waals surface area contributed by atoms with E-state index in [0.717, 1.165) is 0 Å². The van der Waals surface area contributed by atoms with Gasteiger partial charge in [-0.05, 0) is 12.1 Å². The quantitative estimate of drug-likeness (QED) is 0.804. The summed E-state index contributed by atoms with van der Waals surface area (Å²) >= 11 is 0. The SMILES string of the molecule is O=C(NCC(F)(F)F)Nc1cnc2cc(C(=O)O)ccn12. The Morgan fingerprint density at radius 1 is 1.38 bits per heavy atom. The van der Waals surface area contributed by atoms with Crippen molar-refractivity contribution < 1.29 is 27.9 Å². The molecule has 2 heterocycles. The minimum absolute atomic E-state index is 0.00109. The zero-order valence-electron chi connectivity index (χ0n) is 10.3. The van der Waals surface area contributed by atoms with E-state index in [-0.39, 0.29) is 17.0 Å². The minimum atomic E-state index is -4.51. The molecule has 21 heavy (non-hydrogen) atoms. The molecule has 10 heteroatoms. The lowest BCUT2D eigenvalue weighted by Gasteiger charge is -2.09. The second-order valence-electron chi connectivity index (χ2n) is 4.02. The summed E-state index contributed by atoms with van der Waals surface area (Å²) in [7, 11) is 0. The van der Waals surface area contributed by atoms with E-state index in [9.17, 15) is 22.8 Å². The molecule has 2 amide bonds. The number of hydrogen-bond acceptors (Lipinski definition) is 3. The maximum Gasteiger partial charge on any atom is 0.405 e. The normalized spacial score (nSPS) is 11.4. The number of carboxylic acids is 1. The highest BCUT2D eigenvalue weighted by Crippen LogP contribution is 2.14. The summed E-state index contributed by atoms with van der Waals surface area (Å²) < 4.78 is 37.2. The van der Waals surface area contributed by atoms with Crippen molar-refractivity contribution in [3.63, 3.8) is 0 Å². The number of anilines is 1. The summed E-state index contributed by atoms with van der Waals surface area (Å²) in [6.45, 7) is -1.46. The molecule has 0 spiro atoms. The summed E-state index contributed by atoms with van der Waals surface area (Å²) in [5.74, 6) is -1.03. The van der Waals surface area contributed by atoms with Gasteiger partial charge in [0.2, 0.25) is 0 Å². The van der Waals surface area contributed by atoms with Crippen LogP contribution in [0.4, 0.5) is 23.8 Å². The lowest BCUT2D eigenvalue weighted by Crippen LogP contribution is -2.36. The molecular formula is C11H9F3N4O3. The van der Waals surface area contributed by atoms with E-state index in [1.807, 2.05) is 0 Å². The Morgan fingerprint density at radius 3 is 2.71 bits per heavy atom. The number of imidazole rings is 1. The molecule has 0 radical (unpaired) electrons. The first-order valence-corrected chi connectivity index (χ1v) is 5.58. The average molecular weight is 302 g/mol. The number of amides is 2. The van der Waals surface area contributed by atoms with Gasteiger partial charge in [-0.1, -0.05) is 0 Å². The Hall–Kier alpha value is -2.78. The molecule has 0 saturated heterocycles. The number of nitrogens with one attached hydrogen (secondary N) is 2. The average Bonchev–Trinajstić information content (AvgIpc) is 2.78. The Kier molecular flexibility index (Phi) is 3.70. The molecule has 112 valence electrons. The molecule has 2 rings (SSSR count). The van der Waals surface area contributed by atoms with Gasteiger partial charge in [-0.3, -0.25) is 9.72 Å². The summed E-state index contributed by atoms with van der Waals surface area (Å²) in [5, 5.41) is 12.7. The topological polar surface area (TPSA) is 95.7 Å². The van der Waals surface area contributed by atoms with Crippen LogP contribution < -0.4 is 10.6 Å². The number of alkyl halides is 3. The minimum Gasteiger partial charge on any atom is -0.478 e. The van der Waals surface area contributed by atoms with Crippen LogP contribution >= 0.6 is 0 Å². The van der Waals surface area contributed by atoms with Gasteiger partial charge in [-0.15, -0.1) is 0 Å². The molecule has 0 aromatic carbocycles. The van der Waals surface area contributed by atoms with Gasteiger partial charge in [0.15, 0.2) is 0 Å². The van der Waals surface area contributed by atoms with E-state index in [2.05, 4.69) is 10.3 Å². The number of urea groups is 1. The molecule has 0 aliphatic carbocycles. The molecule has 2 aromatic rings. The third-order valence-electron chi connectivity index (χ3n) is 2.45. The van der Waals surface area contributed by atoms with Crippen molar-refractivity contribution in [1.82, 2.24) is 14.7 Å². The number of carboxylic acid groups (broad SMARTS) is 1. The van der Waals surface area contributed by atoms with E-state index < -0.39 is 24.7 Å². The van der Waals surface area contributed by atoms with Crippen LogP contribution in [0.5, 0.6) is 0 Å². The highest BCUT2D eigenvalue weighted by Gasteiger charge is 2.27. The van der Waals surface area contributed by atoms with Gasteiger partial charge in [0.05, 0.1) is 11.8 Å². The second-order valence-corrected chi connectivity index (χ2v) is 4.02. The second kappa shape index (κ2) is 5.31. The lowest BCUT2D eigenvalue weighted by atomic mass is 10.3. The van der Waals surface area contributed by atoms with Crippen LogP contribution in [0, 0.1) is 0 Å². The monoisotopic (exact) mass is 302 g/mol. The zero-order chi connectivity index (χ0) is 15.6. The Balaban J connectivity index is 2.12. The van der Waals surface area contributed by atoms with E-state index in [1.165, 1.54) is 28.9 Å². The Morgan fingerprint density at radius 2 is 2.10 bits per heavy atom. The van der Waals surface area contributed by atoms with Crippen molar-refractivity contribution in [3.8, 4) is 0 Å². The van der Waals surface area contributed by atoms with Crippen molar-refractivity contribution in [1.29, 1.82) is 0 Å². The number of hydrogen-bond donors (Lipinski definition) is 3. The van der Waals surface area contributed by atoms with Crippen LogP contribution in [0.1, 0.15) is 10.4 Å². The van der Waals surface area contributed by atoms with Gasteiger partial charge in [0, 0.05) is 6.20 Å². The highest BCUT2D eigenvalue weighted by molar-refractivity contribution is 5.90. The fraction of sp³-hybridized carbons (Fsp3) is 0.182. The number of carbonyl (C=O) groups is 2. The summed E-state index contributed by atoms with van der Waals surface area (Å²) in [4.78, 5) is 26.0. The number of nitrogens with zero attached hydrogens (tertiary/aromatic N) is 2. The van der Waals surface area contributed by atoms with Crippen LogP contribution in [0.25, 0.3) is 5.65 Å². The maximum atomic E-state index is 12.0. The largest absolute Gasteiger partial charge is 0.478 e. The number of fused-ring (bicyclic) bond motifs is 1. The van der Waals surface area contributed by atoms with Crippen molar-refractivity contribution in [2.24, 2.45) is 0 Å². The molecule has 3 N–H and O–H groups in total. The van der Waals surface area contributed by atoms with Gasteiger partial charge in [0.25, 0.3) is 0 Å². The van der Waals surface area contributed by atoms with E-state index >= 15 is 0 Å². The number of carbonyl (C=O) groups excluding carboxylic acids is 1. The number of rotatable bonds is 3. The summed E-state index contributed by atoms with van der Waals surface area (Å²) in [6, 6.07) is 1.49. The first-order valence-electron chi connectivity index (χ1n) is 5.58. The van der Waals surface area contributed by atoms with Crippen molar-refractivity contribution in [3.05, 3.63) is 30.1 Å². The van der Waals surface area contributed by atoms with Crippen LogP contribution in [0.15, 0.2) is 24.5 Å². The smallest absolute Gasteiger partial charge is 0.405 e. The molecule has 7 nitrogen and oxygen atoms in total. The third-order valence-corrected chi connectivity index (χ3v) is 2.45. The summed E-state index contributed by atoms with van der Waals surface area (Å²) in [5.41, 5.74) is 0.238. The van der Waals surface area contributed by atoms with E-state index in [0.29, 0.717) is 0 Å². The first kappa shape index (κ1) is 14.6. The summed E-state index contributed by atoms with van der Waals surface area (Å²) in [6.07, 6.45) is -1.97. The molecule has 0 bridgehead atoms. The predicted molar refractivity (Wildman–Crippen MR) is 65.2 cm³/mol. The molecule has 0 unspecified atom stereocenters. The fourth-order valence-electron chi connectivity index (χ4n) is 1.55. The van der Waals surface area contributed by atoms with Gasteiger partial charge >= 0.3 is 18.2 Å². The van der Waals surface area contributed by atoms with Crippen molar-refractivity contribution in [2.45, 2.75) is 6.18 Å². The van der Waals surface area contributed by atoms with Crippen LogP contribution in [-0.4, -0.2) is 39.2 Å². The van der Waals surface area contributed by atoms with Crippen molar-refractivity contribution >= 4 is 23.5 Å². The number of aromatic carboxylic acids is 1. The number of halogens is 3. The molecule has 2 aromatic heterocycles. The standard InChI is InChI=1S/C11H9F3N4O3/c12-11(13,14)5-16-10(21)17-8-4-15-7-3-6(9(19)20)1-2-18(7)8/h1-4H,5H2,(H,19,20)(H2,16,17,21). The molecule has 0 saturated carbocycles. The third kappa shape index (κ3) is 3.61. The van der Waals surface area contributed by atoms with Gasteiger partial charge in [0.1, 0.15) is 18.0 Å².